The first-order valence-corrected chi connectivity index (χ1v) is 4.72. The molecule has 0 heterocycles. The summed E-state index contributed by atoms with van der Waals surface area (Å²) in [4.78, 5) is 0. The molecule has 4 heteroatoms. The molecule has 0 unspecified atom stereocenters. The lowest BCUT2D eigenvalue weighted by molar-refractivity contribution is -0.137. The summed E-state index contributed by atoms with van der Waals surface area (Å²) in [6.07, 6.45) is -4.09. The second kappa shape index (κ2) is 5.04. The quantitative estimate of drug-likeness (QED) is 0.733. The van der Waals surface area contributed by atoms with Gasteiger partial charge in [0.05, 0.1) is 12.2 Å². The summed E-state index contributed by atoms with van der Waals surface area (Å²) in [5, 5.41) is 8.51. The fraction of sp³-hybridized carbons (Fsp3) is 0.333. The summed E-state index contributed by atoms with van der Waals surface area (Å²) in [6.45, 7) is 1.61. The molecule has 86 valence electrons. The number of benzene rings is 1. The maximum atomic E-state index is 12.4. The van der Waals surface area contributed by atoms with Gasteiger partial charge in [0.25, 0.3) is 0 Å². The number of hydrogen-bond acceptors (Lipinski definition) is 1. The summed E-state index contributed by atoms with van der Waals surface area (Å²) in [6, 6.07) is 3.46. The van der Waals surface area contributed by atoms with Crippen LogP contribution in [-0.2, 0) is 6.18 Å². The van der Waals surface area contributed by atoms with E-state index >= 15 is 0 Å². The van der Waals surface area contributed by atoms with Crippen molar-refractivity contribution in [3.05, 3.63) is 34.9 Å². The van der Waals surface area contributed by atoms with Gasteiger partial charge in [0.1, 0.15) is 0 Å². The predicted octanol–water partition coefficient (Wildman–Crippen LogP) is 2.75. The molecule has 0 saturated heterocycles. The van der Waals surface area contributed by atoms with Gasteiger partial charge in [0.2, 0.25) is 0 Å². The SMILES string of the molecule is Cc1ccc(C(F)(F)F)cc1C#CCCO. The van der Waals surface area contributed by atoms with E-state index in [2.05, 4.69) is 11.8 Å². The number of alkyl halides is 3. The van der Waals surface area contributed by atoms with Gasteiger partial charge >= 0.3 is 6.18 Å². The van der Waals surface area contributed by atoms with E-state index in [9.17, 15) is 13.2 Å². The summed E-state index contributed by atoms with van der Waals surface area (Å²) < 4.78 is 37.2. The summed E-state index contributed by atoms with van der Waals surface area (Å²) >= 11 is 0. The largest absolute Gasteiger partial charge is 0.416 e. The van der Waals surface area contributed by atoms with E-state index in [1.807, 2.05) is 0 Å². The van der Waals surface area contributed by atoms with Gasteiger partial charge in [0.15, 0.2) is 0 Å². The Morgan fingerprint density at radius 2 is 2.00 bits per heavy atom. The molecule has 16 heavy (non-hydrogen) atoms. The first kappa shape index (κ1) is 12.6. The Labute approximate surface area is 91.9 Å². The van der Waals surface area contributed by atoms with Crippen LogP contribution in [0.25, 0.3) is 0 Å². The van der Waals surface area contributed by atoms with E-state index in [1.54, 1.807) is 6.92 Å². The molecule has 0 saturated carbocycles. The molecular formula is C12H11F3O. The monoisotopic (exact) mass is 228 g/mol. The molecule has 0 radical (unpaired) electrons. The highest BCUT2D eigenvalue weighted by Crippen LogP contribution is 2.30. The molecule has 1 rings (SSSR count). The minimum atomic E-state index is -4.35. The molecule has 1 nitrogen and oxygen atoms in total. The molecule has 1 aromatic rings. The predicted molar refractivity (Wildman–Crippen MR) is 54.8 cm³/mol. The second-order valence-electron chi connectivity index (χ2n) is 3.30. The van der Waals surface area contributed by atoms with Gasteiger partial charge in [-0.2, -0.15) is 13.2 Å². The van der Waals surface area contributed by atoms with Crippen molar-refractivity contribution < 1.29 is 18.3 Å². The van der Waals surface area contributed by atoms with Crippen LogP contribution in [0.1, 0.15) is 23.1 Å². The van der Waals surface area contributed by atoms with Gasteiger partial charge in [0, 0.05) is 12.0 Å². The smallest absolute Gasteiger partial charge is 0.395 e. The molecule has 0 amide bonds. The van der Waals surface area contributed by atoms with Crippen LogP contribution in [0.3, 0.4) is 0 Å². The van der Waals surface area contributed by atoms with Crippen molar-refractivity contribution in [3.8, 4) is 11.8 Å². The maximum Gasteiger partial charge on any atom is 0.416 e. The number of aryl methyl sites for hydroxylation is 1. The van der Waals surface area contributed by atoms with Crippen LogP contribution in [0.5, 0.6) is 0 Å². The fourth-order valence-electron chi connectivity index (χ4n) is 1.15. The highest BCUT2D eigenvalue weighted by molar-refractivity contribution is 5.43. The number of aliphatic hydroxyl groups is 1. The van der Waals surface area contributed by atoms with Gasteiger partial charge < -0.3 is 5.11 Å². The third-order valence-corrected chi connectivity index (χ3v) is 2.02. The van der Waals surface area contributed by atoms with Crippen molar-refractivity contribution in [1.82, 2.24) is 0 Å². The number of halogens is 3. The summed E-state index contributed by atoms with van der Waals surface area (Å²) in [5.41, 5.74) is 0.341. The zero-order chi connectivity index (χ0) is 12.2. The summed E-state index contributed by atoms with van der Waals surface area (Å²) in [5.74, 6) is 5.22. The van der Waals surface area contributed by atoms with E-state index in [0.29, 0.717) is 11.1 Å². The van der Waals surface area contributed by atoms with Crippen molar-refractivity contribution in [2.24, 2.45) is 0 Å². The van der Waals surface area contributed by atoms with Crippen LogP contribution in [-0.4, -0.2) is 11.7 Å². The third-order valence-electron chi connectivity index (χ3n) is 2.02. The van der Waals surface area contributed by atoms with Gasteiger partial charge in [-0.05, 0) is 24.6 Å². The first-order chi connectivity index (χ1) is 7.45. The molecule has 1 N–H and O–H groups in total. The van der Waals surface area contributed by atoms with Gasteiger partial charge in [-0.3, -0.25) is 0 Å². The number of rotatable bonds is 1. The number of aliphatic hydroxyl groups excluding tert-OH is 1. The Hall–Kier alpha value is -1.47. The van der Waals surface area contributed by atoms with Crippen LogP contribution in [0, 0.1) is 18.8 Å². The Morgan fingerprint density at radius 1 is 1.31 bits per heavy atom. The van der Waals surface area contributed by atoms with Gasteiger partial charge in [-0.1, -0.05) is 17.9 Å². The van der Waals surface area contributed by atoms with Gasteiger partial charge in [-0.15, -0.1) is 0 Å². The average Bonchev–Trinajstić information content (AvgIpc) is 2.19. The third kappa shape index (κ3) is 3.28. The standard InChI is InChI=1S/C12H11F3O/c1-9-5-6-11(12(13,14)15)8-10(9)4-2-3-7-16/h5-6,8,16H,3,7H2,1H3. The molecule has 0 spiro atoms. The Kier molecular flexibility index (Phi) is 3.97. The lowest BCUT2D eigenvalue weighted by Crippen LogP contribution is -2.05. The highest BCUT2D eigenvalue weighted by Gasteiger charge is 2.30. The van der Waals surface area contributed by atoms with Crippen LogP contribution < -0.4 is 0 Å². The lowest BCUT2D eigenvalue weighted by Gasteiger charge is -2.07. The fourth-order valence-corrected chi connectivity index (χ4v) is 1.15. The van der Waals surface area contributed by atoms with Crippen LogP contribution in [0.4, 0.5) is 13.2 Å². The molecule has 0 aliphatic rings. The van der Waals surface area contributed by atoms with E-state index in [-0.39, 0.29) is 13.0 Å². The van der Waals surface area contributed by atoms with E-state index in [0.717, 1.165) is 12.1 Å². The Balaban J connectivity index is 3.06. The van der Waals surface area contributed by atoms with E-state index in [4.69, 9.17) is 5.11 Å². The van der Waals surface area contributed by atoms with Gasteiger partial charge in [-0.25, -0.2) is 0 Å². The molecule has 0 bridgehead atoms. The minimum absolute atomic E-state index is 0.0923. The number of hydrogen-bond donors (Lipinski definition) is 1. The van der Waals surface area contributed by atoms with Crippen molar-refractivity contribution >= 4 is 0 Å². The molecule has 0 aromatic heterocycles. The molecule has 0 fully saturated rings. The van der Waals surface area contributed by atoms with E-state index < -0.39 is 11.7 Å². The first-order valence-electron chi connectivity index (χ1n) is 4.72. The van der Waals surface area contributed by atoms with E-state index in [1.165, 1.54) is 6.07 Å². The topological polar surface area (TPSA) is 20.2 Å². The maximum absolute atomic E-state index is 12.4. The van der Waals surface area contributed by atoms with Crippen LogP contribution in [0.15, 0.2) is 18.2 Å². The van der Waals surface area contributed by atoms with Crippen molar-refractivity contribution in [2.45, 2.75) is 19.5 Å². The van der Waals surface area contributed by atoms with Crippen molar-refractivity contribution in [1.29, 1.82) is 0 Å². The Morgan fingerprint density at radius 3 is 2.56 bits per heavy atom. The molecule has 0 atom stereocenters. The van der Waals surface area contributed by atoms with Crippen LogP contribution in [0.2, 0.25) is 0 Å². The van der Waals surface area contributed by atoms with Crippen molar-refractivity contribution in [3.63, 3.8) is 0 Å². The molecule has 0 aliphatic heterocycles. The average molecular weight is 228 g/mol. The van der Waals surface area contributed by atoms with Crippen LogP contribution >= 0.6 is 0 Å². The Bertz CT molecular complexity index is 424. The minimum Gasteiger partial charge on any atom is -0.395 e. The molecule has 1 aromatic carbocycles. The highest BCUT2D eigenvalue weighted by atomic mass is 19.4. The zero-order valence-corrected chi connectivity index (χ0v) is 8.73. The normalized spacial score (nSPS) is 10.8. The second-order valence-corrected chi connectivity index (χ2v) is 3.30. The lowest BCUT2D eigenvalue weighted by atomic mass is 10.0. The van der Waals surface area contributed by atoms with Crippen molar-refractivity contribution in [2.75, 3.05) is 6.61 Å². The molecule has 0 aliphatic carbocycles. The summed E-state index contributed by atoms with van der Waals surface area (Å²) in [7, 11) is 0. The molecular weight excluding hydrogens is 217 g/mol. The zero-order valence-electron chi connectivity index (χ0n) is 8.73.